The van der Waals surface area contributed by atoms with E-state index >= 15 is 0 Å². The maximum absolute atomic E-state index is 9.39. The van der Waals surface area contributed by atoms with E-state index in [0.29, 0.717) is 12.0 Å². The molecule has 1 aromatic carbocycles. The van der Waals surface area contributed by atoms with Gasteiger partial charge in [-0.1, -0.05) is 43.5 Å². The van der Waals surface area contributed by atoms with Crippen LogP contribution in [0, 0.1) is 11.3 Å². The van der Waals surface area contributed by atoms with Gasteiger partial charge in [-0.25, -0.2) is 0 Å². The minimum atomic E-state index is -0.0437. The summed E-state index contributed by atoms with van der Waals surface area (Å²) in [4.78, 5) is 0. The van der Waals surface area contributed by atoms with Crippen molar-refractivity contribution in [3.63, 3.8) is 0 Å². The van der Waals surface area contributed by atoms with Crippen molar-refractivity contribution in [1.29, 1.82) is 5.26 Å². The number of nitrogens with zero attached hydrogens (tertiary/aromatic N) is 2. The molecular weight excluding hydrogens is 340 g/mol. The molecule has 0 radical (unpaired) electrons. The van der Waals surface area contributed by atoms with Crippen molar-refractivity contribution in [2.24, 2.45) is 0 Å². The molecule has 24 heavy (non-hydrogen) atoms. The van der Waals surface area contributed by atoms with Gasteiger partial charge in [-0.2, -0.15) is 10.3 Å². The van der Waals surface area contributed by atoms with Gasteiger partial charge < -0.3 is 5.43 Å². The summed E-state index contributed by atoms with van der Waals surface area (Å²) in [5.74, 6) is 0.332. The highest BCUT2D eigenvalue weighted by molar-refractivity contribution is 7.99. The molecule has 2 aliphatic rings. The maximum atomic E-state index is 9.39. The van der Waals surface area contributed by atoms with E-state index in [9.17, 15) is 5.26 Å². The van der Waals surface area contributed by atoms with Crippen LogP contribution in [0.5, 0.6) is 0 Å². The molecule has 4 nitrogen and oxygen atoms in total. The Morgan fingerprint density at radius 1 is 1.33 bits per heavy atom. The first kappa shape index (κ1) is 17.6. The molecule has 3 rings (SSSR count). The lowest BCUT2D eigenvalue weighted by Crippen LogP contribution is -2.63. The Morgan fingerprint density at radius 2 is 2.08 bits per heavy atom. The molecular formula is C18H23ClN4S. The smallest absolute Gasteiger partial charge is 0.117 e. The number of hydrogen-bond donors (Lipinski definition) is 2. The molecule has 0 saturated carbocycles. The van der Waals surface area contributed by atoms with Crippen LogP contribution in [0.4, 0.5) is 0 Å². The number of nitrogens with one attached hydrogen (secondary N) is 2. The molecule has 1 aromatic rings. The second-order valence-corrected chi connectivity index (χ2v) is 7.66. The average Bonchev–Trinajstić information content (AvgIpc) is 3.02. The number of benzene rings is 1. The summed E-state index contributed by atoms with van der Waals surface area (Å²) in [6, 6.07) is 10.8. The lowest BCUT2D eigenvalue weighted by atomic mass is 9.85. The number of fused-ring (bicyclic) bond motifs is 1. The molecule has 0 aliphatic carbocycles. The quantitative estimate of drug-likeness (QED) is 0.833. The van der Waals surface area contributed by atoms with Gasteiger partial charge in [0.1, 0.15) is 6.17 Å². The normalized spacial score (nSPS) is 29.5. The van der Waals surface area contributed by atoms with Crippen LogP contribution >= 0.6 is 23.4 Å². The summed E-state index contributed by atoms with van der Waals surface area (Å²) in [5.41, 5.74) is 5.33. The van der Waals surface area contributed by atoms with Gasteiger partial charge in [0.05, 0.1) is 17.0 Å². The van der Waals surface area contributed by atoms with Crippen molar-refractivity contribution in [3.05, 3.63) is 46.6 Å². The summed E-state index contributed by atoms with van der Waals surface area (Å²) in [5, 5.41) is 16.3. The van der Waals surface area contributed by atoms with Crippen LogP contribution in [0.15, 0.2) is 36.0 Å². The van der Waals surface area contributed by atoms with Crippen LogP contribution in [0.2, 0.25) is 5.02 Å². The fourth-order valence-corrected chi connectivity index (χ4v) is 4.81. The number of hydrogen-bond acceptors (Lipinski definition) is 5. The minimum absolute atomic E-state index is 0.0437. The van der Waals surface area contributed by atoms with Crippen molar-refractivity contribution in [2.75, 3.05) is 6.26 Å². The standard InChI is InChI=1S/C18H23ClN4S/c1-3-4-5-15-16(12-6-8-14(19)9-7-12)18(24-2)23-17(22-15)13(10-20)11-21-23/h6-9,11,15-18,21-22H,3-5H2,1-2H3. The second kappa shape index (κ2) is 7.79. The molecule has 6 heteroatoms. The lowest BCUT2D eigenvalue weighted by Gasteiger charge is -2.47. The third-order valence-electron chi connectivity index (χ3n) is 4.82. The molecule has 0 amide bonds. The summed E-state index contributed by atoms with van der Waals surface area (Å²) in [6.45, 7) is 2.22. The van der Waals surface area contributed by atoms with E-state index in [-0.39, 0.29) is 11.5 Å². The van der Waals surface area contributed by atoms with Gasteiger partial charge in [0.25, 0.3) is 0 Å². The van der Waals surface area contributed by atoms with E-state index in [1.807, 2.05) is 30.1 Å². The van der Waals surface area contributed by atoms with Crippen LogP contribution in [0.25, 0.3) is 0 Å². The molecule has 0 bridgehead atoms. The third kappa shape index (κ3) is 3.29. The van der Waals surface area contributed by atoms with E-state index in [0.717, 1.165) is 17.0 Å². The highest BCUT2D eigenvalue weighted by Gasteiger charge is 2.46. The predicted molar refractivity (Wildman–Crippen MR) is 100 cm³/mol. The summed E-state index contributed by atoms with van der Waals surface area (Å²) in [7, 11) is 0. The molecule has 128 valence electrons. The summed E-state index contributed by atoms with van der Waals surface area (Å²) >= 11 is 7.91. The van der Waals surface area contributed by atoms with Crippen molar-refractivity contribution < 1.29 is 0 Å². The molecule has 0 spiro atoms. The Hall–Kier alpha value is -1.19. The van der Waals surface area contributed by atoms with Crippen molar-refractivity contribution in [3.8, 4) is 6.07 Å². The number of unbranched alkanes of at least 4 members (excludes halogenated alkanes) is 1. The molecule has 2 aliphatic heterocycles. The monoisotopic (exact) mass is 362 g/mol. The van der Waals surface area contributed by atoms with Gasteiger partial charge >= 0.3 is 0 Å². The van der Waals surface area contributed by atoms with Crippen LogP contribution in [0.3, 0.4) is 0 Å². The molecule has 2 heterocycles. The third-order valence-corrected chi connectivity index (χ3v) is 6.08. The molecule has 4 atom stereocenters. The number of thioether (sulfide) groups is 1. The Balaban J connectivity index is 1.94. The maximum Gasteiger partial charge on any atom is 0.117 e. The number of nitriles is 1. The van der Waals surface area contributed by atoms with Crippen molar-refractivity contribution in [1.82, 2.24) is 15.8 Å². The van der Waals surface area contributed by atoms with Gasteiger partial charge in [-0.3, -0.25) is 5.32 Å². The van der Waals surface area contributed by atoms with Crippen LogP contribution < -0.4 is 10.7 Å². The number of hydrazine groups is 1. The van der Waals surface area contributed by atoms with Gasteiger partial charge in [0, 0.05) is 23.2 Å². The summed E-state index contributed by atoms with van der Waals surface area (Å²) in [6.07, 6.45) is 7.36. The van der Waals surface area contributed by atoms with E-state index in [4.69, 9.17) is 11.6 Å². The molecule has 4 unspecified atom stereocenters. The van der Waals surface area contributed by atoms with Crippen molar-refractivity contribution in [2.45, 2.75) is 49.7 Å². The fraction of sp³-hybridized carbons (Fsp3) is 0.500. The molecule has 0 aromatic heterocycles. The summed E-state index contributed by atoms with van der Waals surface area (Å²) < 4.78 is 0. The van der Waals surface area contributed by atoms with Crippen LogP contribution in [0.1, 0.15) is 37.7 Å². The molecule has 2 N–H and O–H groups in total. The molecule has 1 fully saturated rings. The van der Waals surface area contributed by atoms with Crippen LogP contribution in [-0.4, -0.2) is 28.8 Å². The average molecular weight is 363 g/mol. The lowest BCUT2D eigenvalue weighted by molar-refractivity contribution is 0.0724. The van der Waals surface area contributed by atoms with Gasteiger partial charge in [-0.15, -0.1) is 11.8 Å². The first-order valence-corrected chi connectivity index (χ1v) is 10.0. The van der Waals surface area contributed by atoms with Gasteiger partial charge in [0.2, 0.25) is 0 Å². The van der Waals surface area contributed by atoms with E-state index in [1.54, 1.807) is 0 Å². The topological polar surface area (TPSA) is 51.1 Å². The van der Waals surface area contributed by atoms with Crippen molar-refractivity contribution >= 4 is 23.4 Å². The SMILES string of the molecule is CCCCC1NC2C(C#N)=CNN2C(SC)C1c1ccc(Cl)cc1. The minimum Gasteiger partial charge on any atom is -0.322 e. The highest BCUT2D eigenvalue weighted by atomic mass is 35.5. The largest absolute Gasteiger partial charge is 0.322 e. The zero-order valence-electron chi connectivity index (χ0n) is 14.0. The van der Waals surface area contributed by atoms with Crippen LogP contribution in [-0.2, 0) is 0 Å². The van der Waals surface area contributed by atoms with E-state index in [1.165, 1.54) is 18.4 Å². The second-order valence-electron chi connectivity index (χ2n) is 6.27. The zero-order valence-corrected chi connectivity index (χ0v) is 15.6. The first-order valence-electron chi connectivity index (χ1n) is 8.38. The Bertz CT molecular complexity index is 639. The highest BCUT2D eigenvalue weighted by Crippen LogP contribution is 2.40. The predicted octanol–water partition coefficient (Wildman–Crippen LogP) is 3.83. The number of rotatable bonds is 5. The van der Waals surface area contributed by atoms with E-state index in [2.05, 4.69) is 47.1 Å². The molecule has 1 saturated heterocycles. The fourth-order valence-electron chi connectivity index (χ4n) is 3.64. The first-order chi connectivity index (χ1) is 11.7. The zero-order chi connectivity index (χ0) is 17.1. The Morgan fingerprint density at radius 3 is 2.71 bits per heavy atom. The van der Waals surface area contributed by atoms with Gasteiger partial charge in [0.15, 0.2) is 0 Å². The Kier molecular flexibility index (Phi) is 5.72. The van der Waals surface area contributed by atoms with E-state index < -0.39 is 0 Å². The number of halogens is 1. The van der Waals surface area contributed by atoms with Gasteiger partial charge in [-0.05, 0) is 30.4 Å². The Labute approximate surface area is 153 Å².